The molecular weight excluding hydrogens is 300 g/mol. The Balaban J connectivity index is 2.10. The summed E-state index contributed by atoms with van der Waals surface area (Å²) in [5.74, 6) is -0.139. The Bertz CT molecular complexity index is 710. The molecule has 0 bridgehead atoms. The van der Waals surface area contributed by atoms with Crippen molar-refractivity contribution in [3.8, 4) is 5.75 Å². The Hall–Kier alpha value is -2.83. The van der Waals surface area contributed by atoms with E-state index in [4.69, 9.17) is 9.15 Å². The fourth-order valence-corrected chi connectivity index (χ4v) is 2.24. The molecular formula is C16H18N2O5. The molecule has 0 unspecified atom stereocenters. The Labute approximate surface area is 133 Å². The largest absolute Gasteiger partial charge is 0.496 e. The second-order valence-corrected chi connectivity index (χ2v) is 5.18. The zero-order valence-electron chi connectivity index (χ0n) is 13.2. The van der Waals surface area contributed by atoms with E-state index in [1.165, 1.54) is 17.0 Å². The van der Waals surface area contributed by atoms with Gasteiger partial charge in [-0.05, 0) is 31.0 Å². The standard InChI is InChI=1S/C16H18N2O5/c1-11(10-12-6-4-5-7-13(12)22-3)17(2)16(19)14-8-9-15(23-14)18(20)21/h4-9,11H,10H2,1-3H3/t11-/m0/s1. The van der Waals surface area contributed by atoms with Crippen LogP contribution in [0, 0.1) is 10.1 Å². The first-order valence-corrected chi connectivity index (χ1v) is 7.07. The van der Waals surface area contributed by atoms with E-state index in [0.717, 1.165) is 11.3 Å². The van der Waals surface area contributed by atoms with Crippen LogP contribution in [0.25, 0.3) is 0 Å². The van der Waals surface area contributed by atoms with Gasteiger partial charge < -0.3 is 14.1 Å². The van der Waals surface area contributed by atoms with E-state index in [1.54, 1.807) is 14.2 Å². The highest BCUT2D eigenvalue weighted by Gasteiger charge is 2.24. The van der Waals surface area contributed by atoms with Crippen molar-refractivity contribution in [3.63, 3.8) is 0 Å². The Morgan fingerprint density at radius 1 is 1.35 bits per heavy atom. The normalized spacial score (nSPS) is 11.8. The molecule has 2 rings (SSSR count). The molecule has 122 valence electrons. The summed E-state index contributed by atoms with van der Waals surface area (Å²) in [5, 5.41) is 10.6. The van der Waals surface area contributed by atoms with Crippen LogP contribution in [0.3, 0.4) is 0 Å². The maximum atomic E-state index is 12.3. The Morgan fingerprint density at radius 3 is 2.65 bits per heavy atom. The van der Waals surface area contributed by atoms with Crippen LogP contribution < -0.4 is 4.74 Å². The molecule has 0 saturated heterocycles. The van der Waals surface area contributed by atoms with Gasteiger partial charge in [-0.3, -0.25) is 14.9 Å². The number of carbonyl (C=O) groups excluding carboxylic acids is 1. The van der Waals surface area contributed by atoms with Gasteiger partial charge in [-0.25, -0.2) is 0 Å². The molecule has 1 amide bonds. The van der Waals surface area contributed by atoms with Crippen LogP contribution >= 0.6 is 0 Å². The van der Waals surface area contributed by atoms with Gasteiger partial charge in [0.05, 0.1) is 13.2 Å². The summed E-state index contributed by atoms with van der Waals surface area (Å²) >= 11 is 0. The Morgan fingerprint density at radius 2 is 2.04 bits per heavy atom. The van der Waals surface area contributed by atoms with Gasteiger partial charge in [-0.1, -0.05) is 18.2 Å². The van der Waals surface area contributed by atoms with Gasteiger partial charge in [0.2, 0.25) is 0 Å². The van der Waals surface area contributed by atoms with Crippen molar-refractivity contribution in [3.05, 3.63) is 57.8 Å². The van der Waals surface area contributed by atoms with Crippen LogP contribution in [0.15, 0.2) is 40.8 Å². The maximum absolute atomic E-state index is 12.3. The lowest BCUT2D eigenvalue weighted by atomic mass is 10.0. The van der Waals surface area contributed by atoms with Crippen LogP contribution in [0.5, 0.6) is 5.75 Å². The molecule has 7 nitrogen and oxygen atoms in total. The predicted octanol–water partition coefficient (Wildman–Crippen LogP) is 2.90. The molecule has 23 heavy (non-hydrogen) atoms. The van der Waals surface area contributed by atoms with Crippen molar-refractivity contribution in [1.29, 1.82) is 0 Å². The van der Waals surface area contributed by atoms with Gasteiger partial charge in [0.1, 0.15) is 10.7 Å². The third kappa shape index (κ3) is 3.68. The van der Waals surface area contributed by atoms with Crippen molar-refractivity contribution in [1.82, 2.24) is 4.90 Å². The lowest BCUT2D eigenvalue weighted by molar-refractivity contribution is -0.402. The summed E-state index contributed by atoms with van der Waals surface area (Å²) in [5.41, 5.74) is 0.979. The topological polar surface area (TPSA) is 85.8 Å². The van der Waals surface area contributed by atoms with Crippen LogP contribution in [0.4, 0.5) is 5.88 Å². The van der Waals surface area contributed by atoms with Crippen molar-refractivity contribution < 1.29 is 18.9 Å². The first kappa shape index (κ1) is 16.5. The molecule has 7 heteroatoms. The van der Waals surface area contributed by atoms with Gasteiger partial charge in [-0.2, -0.15) is 0 Å². The predicted molar refractivity (Wildman–Crippen MR) is 83.6 cm³/mol. The number of benzene rings is 1. The highest BCUT2D eigenvalue weighted by molar-refractivity contribution is 5.91. The summed E-state index contributed by atoms with van der Waals surface area (Å²) < 4.78 is 10.3. The van der Waals surface area contributed by atoms with Gasteiger partial charge in [0, 0.05) is 13.1 Å². The fraction of sp³-hybridized carbons (Fsp3) is 0.312. The molecule has 0 aliphatic heterocycles. The van der Waals surface area contributed by atoms with Gasteiger partial charge >= 0.3 is 5.88 Å². The van der Waals surface area contributed by atoms with Crippen LogP contribution in [0.2, 0.25) is 0 Å². The highest BCUT2D eigenvalue weighted by atomic mass is 16.6. The number of ether oxygens (including phenoxy) is 1. The fourth-order valence-electron chi connectivity index (χ4n) is 2.24. The van der Waals surface area contributed by atoms with Crippen molar-refractivity contribution in [2.75, 3.05) is 14.2 Å². The first-order chi connectivity index (χ1) is 10.9. The molecule has 1 aromatic carbocycles. The maximum Gasteiger partial charge on any atom is 0.433 e. The van der Waals surface area contributed by atoms with Crippen LogP contribution in [0.1, 0.15) is 23.0 Å². The molecule has 0 N–H and O–H groups in total. The van der Waals surface area contributed by atoms with Crippen molar-refractivity contribution in [2.24, 2.45) is 0 Å². The lowest BCUT2D eigenvalue weighted by Gasteiger charge is -2.24. The van der Waals surface area contributed by atoms with E-state index in [0.29, 0.717) is 6.42 Å². The summed E-state index contributed by atoms with van der Waals surface area (Å²) in [6, 6.07) is 9.93. The summed E-state index contributed by atoms with van der Waals surface area (Å²) in [6.45, 7) is 1.89. The first-order valence-electron chi connectivity index (χ1n) is 7.07. The third-order valence-corrected chi connectivity index (χ3v) is 3.67. The quantitative estimate of drug-likeness (QED) is 0.604. The van der Waals surface area contributed by atoms with E-state index >= 15 is 0 Å². The number of para-hydroxylation sites is 1. The molecule has 0 aliphatic carbocycles. The number of rotatable bonds is 6. The summed E-state index contributed by atoms with van der Waals surface area (Å²) in [6.07, 6.45) is 0.592. The average molecular weight is 318 g/mol. The lowest BCUT2D eigenvalue weighted by Crippen LogP contribution is -2.36. The number of carbonyl (C=O) groups is 1. The molecule has 0 aliphatic rings. The molecule has 0 radical (unpaired) electrons. The molecule has 1 atom stereocenters. The molecule has 1 heterocycles. The number of likely N-dealkylation sites (N-methyl/N-ethyl adjacent to an activating group) is 1. The third-order valence-electron chi connectivity index (χ3n) is 3.67. The number of nitrogens with zero attached hydrogens (tertiary/aromatic N) is 2. The van der Waals surface area contributed by atoms with Crippen molar-refractivity contribution >= 4 is 11.8 Å². The van der Waals surface area contributed by atoms with E-state index in [9.17, 15) is 14.9 Å². The minimum Gasteiger partial charge on any atom is -0.496 e. The van der Waals surface area contributed by atoms with Crippen LogP contribution in [-0.2, 0) is 6.42 Å². The Kier molecular flexibility index (Phi) is 5.00. The average Bonchev–Trinajstić information content (AvgIpc) is 3.04. The number of nitro groups is 1. The minimum atomic E-state index is -0.672. The molecule has 0 spiro atoms. The number of furan rings is 1. The molecule has 2 aromatic rings. The summed E-state index contributed by atoms with van der Waals surface area (Å²) in [7, 11) is 3.23. The van der Waals surface area contributed by atoms with E-state index in [-0.39, 0.29) is 11.8 Å². The smallest absolute Gasteiger partial charge is 0.433 e. The number of hydrogen-bond acceptors (Lipinski definition) is 5. The zero-order valence-corrected chi connectivity index (χ0v) is 13.2. The van der Waals surface area contributed by atoms with Crippen LogP contribution in [-0.4, -0.2) is 35.9 Å². The molecule has 0 saturated carbocycles. The zero-order chi connectivity index (χ0) is 17.0. The van der Waals surface area contributed by atoms with Gasteiger partial charge in [-0.15, -0.1) is 0 Å². The minimum absolute atomic E-state index is 0.0499. The second kappa shape index (κ2) is 6.95. The molecule has 0 fully saturated rings. The van der Waals surface area contributed by atoms with E-state index in [1.807, 2.05) is 31.2 Å². The van der Waals surface area contributed by atoms with E-state index < -0.39 is 16.7 Å². The number of methoxy groups -OCH3 is 1. The van der Waals surface area contributed by atoms with E-state index in [2.05, 4.69) is 0 Å². The highest BCUT2D eigenvalue weighted by Crippen LogP contribution is 2.22. The van der Waals surface area contributed by atoms with Crippen molar-refractivity contribution in [2.45, 2.75) is 19.4 Å². The van der Waals surface area contributed by atoms with Gasteiger partial charge in [0.15, 0.2) is 5.76 Å². The monoisotopic (exact) mass is 318 g/mol. The molecule has 1 aromatic heterocycles. The number of amides is 1. The van der Waals surface area contributed by atoms with Gasteiger partial charge in [0.25, 0.3) is 5.91 Å². The summed E-state index contributed by atoms with van der Waals surface area (Å²) in [4.78, 5) is 23.8. The second-order valence-electron chi connectivity index (χ2n) is 5.18. The SMILES string of the molecule is COc1ccccc1C[C@H](C)N(C)C(=O)c1ccc([N+](=O)[O-])o1. The number of hydrogen-bond donors (Lipinski definition) is 0.